The molecular formula is C21H18O5. The van der Waals surface area contributed by atoms with Crippen molar-refractivity contribution in [2.75, 3.05) is 14.2 Å². The molecule has 3 rings (SSSR count). The van der Waals surface area contributed by atoms with Crippen molar-refractivity contribution < 1.29 is 23.8 Å². The fourth-order valence-corrected chi connectivity index (χ4v) is 2.75. The maximum Gasteiger partial charge on any atom is 0.343 e. The highest BCUT2D eigenvalue weighted by atomic mass is 16.5. The second kappa shape index (κ2) is 7.27. The number of carbonyl (C=O) groups is 2. The number of ketones is 1. The minimum Gasteiger partial charge on any atom is -0.496 e. The molecule has 0 aliphatic heterocycles. The fraction of sp³-hybridized carbons (Fsp3) is 0.143. The Morgan fingerprint density at radius 1 is 0.808 bits per heavy atom. The molecule has 0 atom stereocenters. The molecule has 26 heavy (non-hydrogen) atoms. The number of benzene rings is 3. The molecule has 0 radical (unpaired) electrons. The van der Waals surface area contributed by atoms with Crippen LogP contribution in [0.25, 0.3) is 10.8 Å². The minimum atomic E-state index is -0.562. The van der Waals surface area contributed by atoms with Crippen LogP contribution in [-0.4, -0.2) is 26.0 Å². The lowest BCUT2D eigenvalue weighted by Crippen LogP contribution is -2.12. The van der Waals surface area contributed by atoms with Gasteiger partial charge in [0.1, 0.15) is 22.8 Å². The van der Waals surface area contributed by atoms with Crippen LogP contribution in [0.1, 0.15) is 27.6 Å². The average Bonchev–Trinajstić information content (AvgIpc) is 2.66. The molecule has 0 unspecified atom stereocenters. The lowest BCUT2D eigenvalue weighted by molar-refractivity contribution is 0.0732. The van der Waals surface area contributed by atoms with E-state index >= 15 is 0 Å². The Hall–Kier alpha value is -3.34. The normalized spacial score (nSPS) is 10.4. The summed E-state index contributed by atoms with van der Waals surface area (Å²) < 4.78 is 15.9. The summed E-state index contributed by atoms with van der Waals surface area (Å²) in [5.74, 6) is -0.0162. The van der Waals surface area contributed by atoms with Crippen molar-refractivity contribution >= 4 is 22.5 Å². The molecule has 5 nitrogen and oxygen atoms in total. The molecule has 0 N–H and O–H groups in total. The molecule has 0 aliphatic rings. The highest BCUT2D eigenvalue weighted by Gasteiger charge is 2.20. The Kier molecular flexibility index (Phi) is 4.89. The summed E-state index contributed by atoms with van der Waals surface area (Å²) in [6.45, 7) is 1.39. The van der Waals surface area contributed by atoms with Crippen LogP contribution in [0.3, 0.4) is 0 Å². The number of rotatable bonds is 5. The minimum absolute atomic E-state index is 0.104. The summed E-state index contributed by atoms with van der Waals surface area (Å²) in [6, 6.07) is 16.1. The summed E-state index contributed by atoms with van der Waals surface area (Å²) in [6.07, 6.45) is 0. The number of carbonyl (C=O) groups excluding carboxylic acids is 2. The Labute approximate surface area is 151 Å². The first-order valence-electron chi connectivity index (χ1n) is 8.01. The van der Waals surface area contributed by atoms with E-state index in [2.05, 4.69) is 0 Å². The van der Waals surface area contributed by atoms with Gasteiger partial charge in [-0.2, -0.15) is 0 Å². The Morgan fingerprint density at radius 2 is 1.50 bits per heavy atom. The van der Waals surface area contributed by atoms with E-state index in [1.807, 2.05) is 30.3 Å². The highest BCUT2D eigenvalue weighted by Crippen LogP contribution is 2.35. The summed E-state index contributed by atoms with van der Waals surface area (Å²) in [7, 11) is 2.92. The van der Waals surface area contributed by atoms with Gasteiger partial charge in [-0.3, -0.25) is 4.79 Å². The molecule has 0 aliphatic carbocycles. The van der Waals surface area contributed by atoms with Crippen LogP contribution in [0.2, 0.25) is 0 Å². The van der Waals surface area contributed by atoms with Crippen LogP contribution >= 0.6 is 0 Å². The average molecular weight is 350 g/mol. The fourth-order valence-electron chi connectivity index (χ4n) is 2.75. The van der Waals surface area contributed by atoms with Crippen LogP contribution < -0.4 is 14.2 Å². The molecule has 132 valence electrons. The first-order chi connectivity index (χ1) is 12.5. The summed E-state index contributed by atoms with van der Waals surface area (Å²) in [5.41, 5.74) is 0.586. The molecule has 0 fully saturated rings. The number of esters is 1. The van der Waals surface area contributed by atoms with Gasteiger partial charge >= 0.3 is 5.97 Å². The molecule has 3 aromatic carbocycles. The maximum atomic E-state index is 12.6. The number of ether oxygens (including phenoxy) is 3. The quantitative estimate of drug-likeness (QED) is 0.390. The number of hydrogen-bond acceptors (Lipinski definition) is 5. The van der Waals surface area contributed by atoms with Gasteiger partial charge in [0.25, 0.3) is 0 Å². The SMILES string of the molecule is COc1cc(OC)c(C(C)=O)c(OC(=O)c2ccc3ccccc3c2)c1. The van der Waals surface area contributed by atoms with E-state index < -0.39 is 5.97 Å². The molecule has 0 spiro atoms. The van der Waals surface area contributed by atoms with E-state index in [1.54, 1.807) is 18.2 Å². The van der Waals surface area contributed by atoms with Gasteiger partial charge in [-0.25, -0.2) is 4.79 Å². The third kappa shape index (κ3) is 3.37. The van der Waals surface area contributed by atoms with Crippen molar-refractivity contribution in [2.24, 2.45) is 0 Å². The largest absolute Gasteiger partial charge is 0.496 e. The predicted molar refractivity (Wildman–Crippen MR) is 98.5 cm³/mol. The van der Waals surface area contributed by atoms with Gasteiger partial charge < -0.3 is 14.2 Å². The zero-order valence-corrected chi connectivity index (χ0v) is 14.7. The standard InChI is InChI=1S/C21H18O5/c1-13(22)20-18(25-3)11-17(24-2)12-19(20)26-21(23)16-9-8-14-6-4-5-7-15(14)10-16/h4-12H,1-3H3. The number of fused-ring (bicyclic) bond motifs is 1. The topological polar surface area (TPSA) is 61.8 Å². The molecule has 0 heterocycles. The highest BCUT2D eigenvalue weighted by molar-refractivity contribution is 6.02. The van der Waals surface area contributed by atoms with Crippen molar-refractivity contribution in [1.29, 1.82) is 0 Å². The summed E-state index contributed by atoms with van der Waals surface area (Å²) in [5, 5.41) is 1.95. The van der Waals surface area contributed by atoms with E-state index in [4.69, 9.17) is 14.2 Å². The number of Topliss-reactive ketones (excluding diaryl/α,β-unsaturated/α-hetero) is 1. The van der Waals surface area contributed by atoms with Gasteiger partial charge in [-0.15, -0.1) is 0 Å². The molecule has 3 aromatic rings. The van der Waals surface area contributed by atoms with Gasteiger partial charge in [-0.1, -0.05) is 30.3 Å². The van der Waals surface area contributed by atoms with E-state index in [-0.39, 0.29) is 22.8 Å². The zero-order chi connectivity index (χ0) is 18.7. The van der Waals surface area contributed by atoms with Gasteiger partial charge in [0.05, 0.1) is 19.8 Å². The predicted octanol–water partition coefficient (Wildman–Crippen LogP) is 4.28. The second-order valence-corrected chi connectivity index (χ2v) is 5.71. The smallest absolute Gasteiger partial charge is 0.343 e. The Bertz CT molecular complexity index is 991. The number of methoxy groups -OCH3 is 2. The van der Waals surface area contributed by atoms with Crippen molar-refractivity contribution in [2.45, 2.75) is 6.92 Å². The molecule has 0 bridgehead atoms. The third-order valence-electron chi connectivity index (χ3n) is 4.04. The zero-order valence-electron chi connectivity index (χ0n) is 14.7. The van der Waals surface area contributed by atoms with Gasteiger partial charge in [0.2, 0.25) is 0 Å². The van der Waals surface area contributed by atoms with Crippen LogP contribution in [0, 0.1) is 0 Å². The van der Waals surface area contributed by atoms with Crippen LogP contribution in [0.4, 0.5) is 0 Å². The van der Waals surface area contributed by atoms with Crippen molar-refractivity contribution in [3.8, 4) is 17.2 Å². The van der Waals surface area contributed by atoms with Gasteiger partial charge in [0, 0.05) is 12.1 Å². The molecule has 0 amide bonds. The van der Waals surface area contributed by atoms with Crippen molar-refractivity contribution in [3.05, 3.63) is 65.7 Å². The van der Waals surface area contributed by atoms with Crippen LogP contribution in [0.5, 0.6) is 17.2 Å². The van der Waals surface area contributed by atoms with Crippen molar-refractivity contribution in [1.82, 2.24) is 0 Å². The van der Waals surface area contributed by atoms with Gasteiger partial charge in [-0.05, 0) is 29.8 Å². The van der Waals surface area contributed by atoms with E-state index in [0.29, 0.717) is 11.3 Å². The third-order valence-corrected chi connectivity index (χ3v) is 4.04. The van der Waals surface area contributed by atoms with E-state index in [9.17, 15) is 9.59 Å². The Balaban J connectivity index is 2.00. The van der Waals surface area contributed by atoms with Crippen LogP contribution in [0.15, 0.2) is 54.6 Å². The second-order valence-electron chi connectivity index (χ2n) is 5.71. The van der Waals surface area contributed by atoms with E-state index in [0.717, 1.165) is 10.8 Å². The first kappa shape index (κ1) is 17.5. The molecule has 5 heteroatoms. The molecule has 0 saturated heterocycles. The Morgan fingerprint density at radius 3 is 2.15 bits per heavy atom. The molecule has 0 saturated carbocycles. The van der Waals surface area contributed by atoms with Crippen LogP contribution in [-0.2, 0) is 0 Å². The molecule has 0 aromatic heterocycles. The monoisotopic (exact) mass is 350 g/mol. The van der Waals surface area contributed by atoms with Gasteiger partial charge in [0.15, 0.2) is 5.78 Å². The van der Waals surface area contributed by atoms with Crippen molar-refractivity contribution in [3.63, 3.8) is 0 Å². The van der Waals surface area contributed by atoms with E-state index in [1.165, 1.54) is 27.2 Å². The lowest BCUT2D eigenvalue weighted by Gasteiger charge is -2.14. The lowest BCUT2D eigenvalue weighted by atomic mass is 10.1. The summed E-state index contributed by atoms with van der Waals surface area (Å²) >= 11 is 0. The molecular weight excluding hydrogens is 332 g/mol. The first-order valence-corrected chi connectivity index (χ1v) is 8.01. The number of hydrogen-bond donors (Lipinski definition) is 0. The summed E-state index contributed by atoms with van der Waals surface area (Å²) in [4.78, 5) is 24.6. The maximum absolute atomic E-state index is 12.6.